The van der Waals surface area contributed by atoms with Gasteiger partial charge in [-0.25, -0.2) is 5.84 Å². The number of nitrogens with zero attached hydrogens (tertiary/aromatic N) is 2. The Hall–Kier alpha value is -2.18. The third-order valence-corrected chi connectivity index (χ3v) is 2.43. The van der Waals surface area contributed by atoms with E-state index < -0.39 is 6.10 Å². The van der Waals surface area contributed by atoms with Crippen LogP contribution < -0.4 is 16.0 Å². The van der Waals surface area contributed by atoms with Gasteiger partial charge in [-0.2, -0.15) is 0 Å². The van der Waals surface area contributed by atoms with Crippen LogP contribution in [0.4, 0.5) is 5.82 Å². The number of ether oxygens (including phenoxy) is 1. The number of aliphatic hydroxyl groups excluding tert-OH is 1. The van der Waals surface area contributed by atoms with E-state index >= 15 is 0 Å². The fraction of sp³-hybridized carbons (Fsp3) is 0.231. The van der Waals surface area contributed by atoms with Crippen molar-refractivity contribution in [1.82, 2.24) is 10.2 Å². The largest absolute Gasteiger partial charge is 0.488 e. The Morgan fingerprint density at radius 1 is 1.32 bits per heavy atom. The molecule has 1 atom stereocenters. The molecule has 1 heterocycles. The summed E-state index contributed by atoms with van der Waals surface area (Å²) in [5.74, 6) is 6.23. The van der Waals surface area contributed by atoms with Crippen LogP contribution in [-0.2, 0) is 0 Å². The van der Waals surface area contributed by atoms with Gasteiger partial charge in [0.2, 0.25) is 0 Å². The van der Waals surface area contributed by atoms with Crippen molar-refractivity contribution in [3.63, 3.8) is 0 Å². The minimum Gasteiger partial charge on any atom is -0.488 e. The molecule has 0 spiro atoms. The van der Waals surface area contributed by atoms with E-state index in [1.54, 1.807) is 13.0 Å². The van der Waals surface area contributed by atoms with Crippen molar-refractivity contribution >= 4 is 5.82 Å². The number of benzene rings is 1. The molecule has 2 rings (SSSR count). The molecule has 0 saturated heterocycles. The van der Waals surface area contributed by atoms with Crippen molar-refractivity contribution < 1.29 is 9.84 Å². The van der Waals surface area contributed by atoms with Gasteiger partial charge in [-0.1, -0.05) is 30.3 Å². The molecule has 0 aliphatic heterocycles. The van der Waals surface area contributed by atoms with Gasteiger partial charge in [-0.3, -0.25) is 0 Å². The topological polar surface area (TPSA) is 93.3 Å². The van der Waals surface area contributed by atoms with Crippen molar-refractivity contribution in [3.05, 3.63) is 36.4 Å². The van der Waals surface area contributed by atoms with Crippen molar-refractivity contribution in [2.75, 3.05) is 12.0 Å². The van der Waals surface area contributed by atoms with Crippen LogP contribution in [0.5, 0.6) is 5.75 Å². The highest BCUT2D eigenvalue weighted by Gasteiger charge is 2.11. The molecule has 0 aliphatic rings. The van der Waals surface area contributed by atoms with E-state index in [1.165, 1.54) is 0 Å². The first-order chi connectivity index (χ1) is 9.20. The summed E-state index contributed by atoms with van der Waals surface area (Å²) in [6.45, 7) is 1.83. The van der Waals surface area contributed by atoms with E-state index in [1.807, 2.05) is 30.3 Å². The summed E-state index contributed by atoms with van der Waals surface area (Å²) in [4.78, 5) is 0. The van der Waals surface area contributed by atoms with Crippen LogP contribution in [0.15, 0.2) is 36.4 Å². The normalized spacial score (nSPS) is 11.9. The molecule has 0 aliphatic carbocycles. The molecule has 100 valence electrons. The number of anilines is 1. The molecule has 0 fully saturated rings. The van der Waals surface area contributed by atoms with Gasteiger partial charge in [0.25, 0.3) is 0 Å². The smallest absolute Gasteiger partial charge is 0.166 e. The lowest BCUT2D eigenvalue weighted by Crippen LogP contribution is -2.15. The van der Waals surface area contributed by atoms with E-state index in [2.05, 4.69) is 15.6 Å². The summed E-state index contributed by atoms with van der Waals surface area (Å²) in [5, 5.41) is 17.3. The molecular formula is C13H16N4O2. The number of rotatable bonds is 5. The van der Waals surface area contributed by atoms with Gasteiger partial charge in [0, 0.05) is 11.6 Å². The van der Waals surface area contributed by atoms with Crippen LogP contribution in [0.3, 0.4) is 0 Å². The number of hydrazine groups is 1. The molecule has 0 amide bonds. The fourth-order valence-corrected chi connectivity index (χ4v) is 1.56. The van der Waals surface area contributed by atoms with Crippen molar-refractivity contribution in [2.45, 2.75) is 13.0 Å². The van der Waals surface area contributed by atoms with E-state index in [4.69, 9.17) is 10.6 Å². The average molecular weight is 260 g/mol. The minimum atomic E-state index is -0.564. The maximum absolute atomic E-state index is 9.30. The first-order valence-corrected chi connectivity index (χ1v) is 5.91. The number of nitrogens with two attached hydrogens (primary N) is 1. The van der Waals surface area contributed by atoms with E-state index in [9.17, 15) is 5.11 Å². The lowest BCUT2D eigenvalue weighted by molar-refractivity contribution is 0.123. The third kappa shape index (κ3) is 3.40. The van der Waals surface area contributed by atoms with E-state index in [0.717, 1.165) is 5.56 Å². The summed E-state index contributed by atoms with van der Waals surface area (Å²) in [5.41, 5.74) is 3.92. The molecule has 1 unspecified atom stereocenters. The lowest BCUT2D eigenvalue weighted by atomic mass is 10.1. The Kier molecular flexibility index (Phi) is 4.27. The number of aliphatic hydroxyl groups is 1. The predicted octanol–water partition coefficient (Wildman–Crippen LogP) is 1.19. The summed E-state index contributed by atoms with van der Waals surface area (Å²) in [7, 11) is 0. The molecule has 19 heavy (non-hydrogen) atoms. The van der Waals surface area contributed by atoms with E-state index in [-0.39, 0.29) is 6.61 Å². The second kappa shape index (κ2) is 6.12. The molecule has 4 N–H and O–H groups in total. The van der Waals surface area contributed by atoms with Gasteiger partial charge in [0.1, 0.15) is 12.3 Å². The number of aromatic nitrogens is 2. The van der Waals surface area contributed by atoms with Crippen LogP contribution in [0.1, 0.15) is 6.92 Å². The van der Waals surface area contributed by atoms with Crippen LogP contribution >= 0.6 is 0 Å². The maximum atomic E-state index is 9.30. The highest BCUT2D eigenvalue weighted by atomic mass is 16.5. The summed E-state index contributed by atoms with van der Waals surface area (Å²) in [6.07, 6.45) is -0.564. The van der Waals surface area contributed by atoms with Gasteiger partial charge >= 0.3 is 0 Å². The van der Waals surface area contributed by atoms with Crippen molar-refractivity contribution in [1.29, 1.82) is 0 Å². The zero-order valence-corrected chi connectivity index (χ0v) is 10.6. The predicted molar refractivity (Wildman–Crippen MR) is 72.5 cm³/mol. The van der Waals surface area contributed by atoms with Crippen molar-refractivity contribution in [3.8, 4) is 17.0 Å². The Bertz CT molecular complexity index is 531. The lowest BCUT2D eigenvalue weighted by Gasteiger charge is -2.12. The molecule has 2 aromatic rings. The Labute approximate surface area is 111 Å². The first-order valence-electron chi connectivity index (χ1n) is 5.91. The molecule has 0 radical (unpaired) electrons. The minimum absolute atomic E-state index is 0.176. The van der Waals surface area contributed by atoms with Gasteiger partial charge in [0.15, 0.2) is 11.6 Å². The Balaban J connectivity index is 2.36. The highest BCUT2D eigenvalue weighted by Crippen LogP contribution is 2.28. The molecule has 6 heteroatoms. The second-order valence-corrected chi connectivity index (χ2v) is 4.11. The Morgan fingerprint density at radius 2 is 2.05 bits per heavy atom. The number of nitrogens with one attached hydrogen (secondary N) is 1. The molecule has 1 aromatic heterocycles. The fourth-order valence-electron chi connectivity index (χ4n) is 1.56. The van der Waals surface area contributed by atoms with E-state index in [0.29, 0.717) is 17.3 Å². The Morgan fingerprint density at radius 3 is 2.68 bits per heavy atom. The summed E-state index contributed by atoms with van der Waals surface area (Å²) < 4.78 is 5.55. The quantitative estimate of drug-likeness (QED) is 0.552. The maximum Gasteiger partial charge on any atom is 0.166 e. The van der Waals surface area contributed by atoms with Crippen molar-refractivity contribution in [2.24, 2.45) is 5.84 Å². The average Bonchev–Trinajstić information content (AvgIpc) is 2.45. The first kappa shape index (κ1) is 13.3. The van der Waals surface area contributed by atoms with Crippen LogP contribution in [-0.4, -0.2) is 28.0 Å². The SMILES string of the molecule is CC(O)COc1cc(NN)nnc1-c1ccccc1. The molecule has 6 nitrogen and oxygen atoms in total. The number of hydrogen-bond acceptors (Lipinski definition) is 6. The van der Waals surface area contributed by atoms with Gasteiger partial charge in [-0.15, -0.1) is 10.2 Å². The second-order valence-electron chi connectivity index (χ2n) is 4.11. The number of hydrogen-bond donors (Lipinski definition) is 3. The molecule has 0 saturated carbocycles. The van der Waals surface area contributed by atoms with Crippen LogP contribution in [0.25, 0.3) is 11.3 Å². The summed E-state index contributed by atoms with van der Waals surface area (Å²) in [6, 6.07) is 11.2. The highest BCUT2D eigenvalue weighted by molar-refractivity contribution is 5.67. The van der Waals surface area contributed by atoms with Gasteiger partial charge in [-0.05, 0) is 6.92 Å². The van der Waals surface area contributed by atoms with Crippen LogP contribution in [0.2, 0.25) is 0 Å². The monoisotopic (exact) mass is 260 g/mol. The standard InChI is InChI=1S/C13H16N4O2/c1-9(18)8-19-11-7-12(15-14)16-17-13(11)10-5-3-2-4-6-10/h2-7,9,18H,8,14H2,1H3,(H,15,16). The molecular weight excluding hydrogens is 244 g/mol. The van der Waals surface area contributed by atoms with Crippen LogP contribution in [0, 0.1) is 0 Å². The van der Waals surface area contributed by atoms with Gasteiger partial charge in [0.05, 0.1) is 6.10 Å². The molecule has 0 bridgehead atoms. The third-order valence-electron chi connectivity index (χ3n) is 2.43. The molecule has 1 aromatic carbocycles. The zero-order chi connectivity index (χ0) is 13.7. The number of nitrogen functional groups attached to an aromatic ring is 1. The van der Waals surface area contributed by atoms with Gasteiger partial charge < -0.3 is 15.3 Å². The summed E-state index contributed by atoms with van der Waals surface area (Å²) >= 11 is 0. The zero-order valence-electron chi connectivity index (χ0n) is 10.6.